The molecule has 6 heteroatoms. The number of nitrogens with one attached hydrogen (secondary N) is 2. The number of amides is 1. The summed E-state index contributed by atoms with van der Waals surface area (Å²) >= 11 is 0. The van der Waals surface area contributed by atoms with E-state index in [0.29, 0.717) is 11.5 Å². The summed E-state index contributed by atoms with van der Waals surface area (Å²) in [5.41, 5.74) is 1.35. The van der Waals surface area contributed by atoms with E-state index in [2.05, 4.69) is 15.3 Å². The van der Waals surface area contributed by atoms with Gasteiger partial charge in [0.05, 0.1) is 11.9 Å². The first-order valence-electron chi connectivity index (χ1n) is 6.51. The number of carbonyl (C=O) groups is 1. The number of pyridine rings is 1. The zero-order chi connectivity index (χ0) is 14.8. The number of aromatic amines is 1. The molecule has 0 aliphatic heterocycles. The van der Waals surface area contributed by atoms with E-state index in [1.165, 1.54) is 6.07 Å². The smallest absolute Gasteiger partial charge is 0.250 e. The second-order valence-electron chi connectivity index (χ2n) is 4.77. The summed E-state index contributed by atoms with van der Waals surface area (Å²) in [6.07, 6.45) is 3.46. The van der Waals surface area contributed by atoms with Gasteiger partial charge in [-0.2, -0.15) is 0 Å². The Labute approximate surface area is 120 Å². The number of imidazole rings is 1. The van der Waals surface area contributed by atoms with Crippen LogP contribution in [-0.2, 0) is 18.3 Å². The Hall–Kier alpha value is -2.89. The average molecular weight is 282 g/mol. The van der Waals surface area contributed by atoms with Crippen molar-refractivity contribution in [3.8, 4) is 0 Å². The molecule has 2 N–H and O–H groups in total. The SMILES string of the molecule is Cn1c(=O)ccc2ccc(NC(=O)Cc3ncc[nH]3)cc21. The Morgan fingerprint density at radius 3 is 2.90 bits per heavy atom. The molecule has 1 aromatic carbocycles. The van der Waals surface area contributed by atoms with Crippen LogP contribution in [0.15, 0.2) is 47.5 Å². The van der Waals surface area contributed by atoms with Crippen molar-refractivity contribution in [2.24, 2.45) is 7.05 Å². The van der Waals surface area contributed by atoms with Crippen LogP contribution < -0.4 is 10.9 Å². The van der Waals surface area contributed by atoms with Crippen molar-refractivity contribution in [1.29, 1.82) is 0 Å². The maximum atomic E-state index is 11.9. The number of rotatable bonds is 3. The van der Waals surface area contributed by atoms with Gasteiger partial charge in [-0.3, -0.25) is 9.59 Å². The average Bonchev–Trinajstić information content (AvgIpc) is 2.96. The lowest BCUT2D eigenvalue weighted by atomic mass is 10.2. The minimum absolute atomic E-state index is 0.0819. The molecular formula is C15H14N4O2. The van der Waals surface area contributed by atoms with E-state index in [0.717, 1.165) is 10.9 Å². The van der Waals surface area contributed by atoms with E-state index in [-0.39, 0.29) is 17.9 Å². The predicted octanol–water partition coefficient (Wildman–Crippen LogP) is 1.44. The van der Waals surface area contributed by atoms with Gasteiger partial charge in [0.1, 0.15) is 5.82 Å². The van der Waals surface area contributed by atoms with E-state index in [1.807, 2.05) is 12.1 Å². The van der Waals surface area contributed by atoms with Crippen molar-refractivity contribution in [3.63, 3.8) is 0 Å². The van der Waals surface area contributed by atoms with Crippen molar-refractivity contribution in [1.82, 2.24) is 14.5 Å². The lowest BCUT2D eigenvalue weighted by Gasteiger charge is -2.08. The van der Waals surface area contributed by atoms with Crippen LogP contribution >= 0.6 is 0 Å². The second kappa shape index (κ2) is 5.24. The molecule has 2 aromatic heterocycles. The number of aromatic nitrogens is 3. The van der Waals surface area contributed by atoms with E-state index < -0.39 is 0 Å². The fourth-order valence-electron chi connectivity index (χ4n) is 2.20. The fraction of sp³-hybridized carbons (Fsp3) is 0.133. The zero-order valence-corrected chi connectivity index (χ0v) is 11.5. The van der Waals surface area contributed by atoms with Crippen LogP contribution in [0, 0.1) is 0 Å². The van der Waals surface area contributed by atoms with Crippen molar-refractivity contribution in [2.45, 2.75) is 6.42 Å². The lowest BCUT2D eigenvalue weighted by Crippen LogP contribution is -2.17. The molecule has 0 unspecified atom stereocenters. The topological polar surface area (TPSA) is 79.8 Å². The number of hydrogen-bond donors (Lipinski definition) is 2. The van der Waals surface area contributed by atoms with Gasteiger partial charge in [-0.05, 0) is 23.6 Å². The Morgan fingerprint density at radius 1 is 1.33 bits per heavy atom. The maximum Gasteiger partial charge on any atom is 0.250 e. The number of aryl methyl sites for hydroxylation is 1. The third-order valence-electron chi connectivity index (χ3n) is 3.29. The van der Waals surface area contributed by atoms with Crippen molar-refractivity contribution in [3.05, 3.63) is 58.9 Å². The molecule has 0 aliphatic carbocycles. The van der Waals surface area contributed by atoms with Gasteiger partial charge < -0.3 is 14.9 Å². The number of fused-ring (bicyclic) bond motifs is 1. The standard InChI is InChI=1S/C15H14N4O2/c1-19-12-8-11(4-2-10(12)3-5-15(19)21)18-14(20)9-13-16-6-7-17-13/h2-8H,9H2,1H3,(H,16,17)(H,18,20). The second-order valence-corrected chi connectivity index (χ2v) is 4.77. The highest BCUT2D eigenvalue weighted by Gasteiger charge is 2.07. The van der Waals surface area contributed by atoms with Crippen molar-refractivity contribution >= 4 is 22.5 Å². The van der Waals surface area contributed by atoms with Gasteiger partial charge in [0, 0.05) is 31.2 Å². The molecular weight excluding hydrogens is 268 g/mol. The van der Waals surface area contributed by atoms with Gasteiger partial charge >= 0.3 is 0 Å². The summed E-state index contributed by atoms with van der Waals surface area (Å²) in [7, 11) is 1.71. The summed E-state index contributed by atoms with van der Waals surface area (Å²) in [5.74, 6) is 0.450. The van der Waals surface area contributed by atoms with Gasteiger partial charge in [-0.1, -0.05) is 6.07 Å². The summed E-state index contributed by atoms with van der Waals surface area (Å²) < 4.78 is 1.55. The fourth-order valence-corrected chi connectivity index (χ4v) is 2.20. The number of benzene rings is 1. The quantitative estimate of drug-likeness (QED) is 0.763. The molecule has 0 spiro atoms. The van der Waals surface area contributed by atoms with Gasteiger partial charge in [0.2, 0.25) is 5.91 Å². The minimum atomic E-state index is -0.162. The molecule has 106 valence electrons. The monoisotopic (exact) mass is 282 g/mol. The van der Waals surface area contributed by atoms with E-state index in [4.69, 9.17) is 0 Å². The Kier molecular flexibility index (Phi) is 3.27. The first-order valence-corrected chi connectivity index (χ1v) is 6.51. The summed E-state index contributed by atoms with van der Waals surface area (Å²) in [5, 5.41) is 3.75. The van der Waals surface area contributed by atoms with Gasteiger partial charge in [0.15, 0.2) is 0 Å². The van der Waals surface area contributed by atoms with Gasteiger partial charge in [-0.25, -0.2) is 4.98 Å². The van der Waals surface area contributed by atoms with Crippen molar-refractivity contribution < 1.29 is 4.79 Å². The van der Waals surface area contributed by atoms with E-state index in [1.54, 1.807) is 36.1 Å². The predicted molar refractivity (Wildman–Crippen MR) is 80.1 cm³/mol. The molecule has 3 aromatic rings. The van der Waals surface area contributed by atoms with Crippen LogP contribution in [0.5, 0.6) is 0 Å². The van der Waals surface area contributed by atoms with Crippen LogP contribution in [0.3, 0.4) is 0 Å². The number of hydrogen-bond acceptors (Lipinski definition) is 3. The molecule has 0 fully saturated rings. The number of nitrogens with zero attached hydrogens (tertiary/aromatic N) is 2. The molecule has 6 nitrogen and oxygen atoms in total. The Balaban J connectivity index is 1.86. The first kappa shape index (κ1) is 13.1. The Bertz CT molecular complexity index is 850. The third-order valence-corrected chi connectivity index (χ3v) is 3.29. The molecule has 0 atom stereocenters. The highest BCUT2D eigenvalue weighted by atomic mass is 16.1. The molecule has 0 bridgehead atoms. The lowest BCUT2D eigenvalue weighted by molar-refractivity contribution is -0.115. The largest absolute Gasteiger partial charge is 0.348 e. The normalized spacial score (nSPS) is 10.7. The third kappa shape index (κ3) is 2.69. The summed E-state index contributed by atoms with van der Waals surface area (Å²) in [4.78, 5) is 30.5. The molecule has 1 amide bonds. The molecule has 2 heterocycles. The van der Waals surface area contributed by atoms with Crippen LogP contribution in [-0.4, -0.2) is 20.4 Å². The number of anilines is 1. The van der Waals surface area contributed by atoms with Crippen LogP contribution in [0.1, 0.15) is 5.82 Å². The minimum Gasteiger partial charge on any atom is -0.348 e. The molecule has 0 saturated carbocycles. The van der Waals surface area contributed by atoms with Gasteiger partial charge in [0.25, 0.3) is 5.56 Å². The van der Waals surface area contributed by atoms with E-state index in [9.17, 15) is 9.59 Å². The maximum absolute atomic E-state index is 11.9. The molecule has 3 rings (SSSR count). The van der Waals surface area contributed by atoms with Crippen LogP contribution in [0.25, 0.3) is 10.9 Å². The van der Waals surface area contributed by atoms with Crippen LogP contribution in [0.4, 0.5) is 5.69 Å². The van der Waals surface area contributed by atoms with Crippen molar-refractivity contribution in [2.75, 3.05) is 5.32 Å². The highest BCUT2D eigenvalue weighted by Crippen LogP contribution is 2.17. The van der Waals surface area contributed by atoms with Crippen LogP contribution in [0.2, 0.25) is 0 Å². The molecule has 0 radical (unpaired) electrons. The molecule has 0 saturated heterocycles. The summed E-state index contributed by atoms with van der Waals surface area (Å²) in [6, 6.07) is 8.77. The molecule has 0 aliphatic rings. The van der Waals surface area contributed by atoms with E-state index >= 15 is 0 Å². The van der Waals surface area contributed by atoms with Gasteiger partial charge in [-0.15, -0.1) is 0 Å². The first-order chi connectivity index (χ1) is 10.1. The number of H-pyrrole nitrogens is 1. The molecule has 21 heavy (non-hydrogen) atoms. The highest BCUT2D eigenvalue weighted by molar-refractivity contribution is 5.94. The zero-order valence-electron chi connectivity index (χ0n) is 11.5. The Morgan fingerprint density at radius 2 is 2.14 bits per heavy atom. The number of carbonyl (C=O) groups excluding carboxylic acids is 1. The summed E-state index contributed by atoms with van der Waals surface area (Å²) in [6.45, 7) is 0.